The molecule has 2 aliphatic rings. The van der Waals surface area contributed by atoms with E-state index in [4.69, 9.17) is 4.98 Å². The number of anilines is 1. The van der Waals surface area contributed by atoms with Crippen LogP contribution < -0.4 is 10.2 Å². The fourth-order valence-corrected chi connectivity index (χ4v) is 3.04. The molecule has 0 spiro atoms. The molecule has 2 heterocycles. The van der Waals surface area contributed by atoms with Crippen LogP contribution in [0.4, 0.5) is 5.95 Å². The van der Waals surface area contributed by atoms with Crippen LogP contribution >= 0.6 is 0 Å². The van der Waals surface area contributed by atoms with Crippen molar-refractivity contribution in [3.05, 3.63) is 17.5 Å². The highest BCUT2D eigenvalue weighted by Crippen LogP contribution is 2.24. The van der Waals surface area contributed by atoms with Crippen molar-refractivity contribution in [2.75, 3.05) is 32.1 Å². The van der Waals surface area contributed by atoms with E-state index in [2.05, 4.69) is 41.1 Å². The van der Waals surface area contributed by atoms with Crippen LogP contribution in [0, 0.1) is 6.92 Å². The Bertz CT molecular complexity index is 484. The van der Waals surface area contributed by atoms with Crippen molar-refractivity contribution in [1.82, 2.24) is 20.2 Å². The quantitative estimate of drug-likeness (QED) is 0.861. The molecule has 1 aromatic rings. The summed E-state index contributed by atoms with van der Waals surface area (Å²) in [7, 11) is 4.27. The van der Waals surface area contributed by atoms with Gasteiger partial charge in [-0.1, -0.05) is 0 Å². The van der Waals surface area contributed by atoms with Crippen molar-refractivity contribution in [3.63, 3.8) is 0 Å². The molecule has 0 aromatic carbocycles. The SMILES string of the molecule is Cc1nc(N2CCCC2CN(C)C)ncc1CNC1CC1. The summed E-state index contributed by atoms with van der Waals surface area (Å²) in [5, 5.41) is 3.54. The fourth-order valence-electron chi connectivity index (χ4n) is 3.04. The molecule has 116 valence electrons. The molecule has 5 heteroatoms. The first-order valence-corrected chi connectivity index (χ1v) is 8.11. The number of hydrogen-bond acceptors (Lipinski definition) is 5. The zero-order valence-electron chi connectivity index (χ0n) is 13.5. The summed E-state index contributed by atoms with van der Waals surface area (Å²) in [6.45, 7) is 5.16. The molecule has 21 heavy (non-hydrogen) atoms. The van der Waals surface area contributed by atoms with Crippen molar-refractivity contribution in [2.45, 2.75) is 51.2 Å². The number of nitrogens with one attached hydrogen (secondary N) is 1. The minimum atomic E-state index is 0.551. The van der Waals surface area contributed by atoms with Gasteiger partial charge in [-0.05, 0) is 46.7 Å². The van der Waals surface area contributed by atoms with Gasteiger partial charge in [0.1, 0.15) is 0 Å². The lowest BCUT2D eigenvalue weighted by Gasteiger charge is -2.27. The number of aryl methyl sites for hydroxylation is 1. The van der Waals surface area contributed by atoms with E-state index in [1.54, 1.807) is 0 Å². The van der Waals surface area contributed by atoms with Gasteiger partial charge in [0, 0.05) is 49.2 Å². The van der Waals surface area contributed by atoms with Gasteiger partial charge in [-0.15, -0.1) is 0 Å². The third-order valence-electron chi connectivity index (χ3n) is 4.44. The average Bonchev–Trinajstić information content (AvgIpc) is 3.16. The highest BCUT2D eigenvalue weighted by atomic mass is 15.3. The smallest absolute Gasteiger partial charge is 0.225 e. The van der Waals surface area contributed by atoms with Gasteiger partial charge < -0.3 is 15.1 Å². The second-order valence-corrected chi connectivity index (χ2v) is 6.69. The Morgan fingerprint density at radius 2 is 2.14 bits per heavy atom. The zero-order valence-corrected chi connectivity index (χ0v) is 13.5. The maximum Gasteiger partial charge on any atom is 0.225 e. The molecular weight excluding hydrogens is 262 g/mol. The molecule has 1 aliphatic heterocycles. The molecule has 1 aromatic heterocycles. The van der Waals surface area contributed by atoms with E-state index in [1.807, 2.05) is 6.20 Å². The maximum atomic E-state index is 4.77. The highest BCUT2D eigenvalue weighted by molar-refractivity contribution is 5.36. The fraction of sp³-hybridized carbons (Fsp3) is 0.750. The lowest BCUT2D eigenvalue weighted by molar-refractivity contribution is 0.371. The Morgan fingerprint density at radius 3 is 2.81 bits per heavy atom. The van der Waals surface area contributed by atoms with Crippen LogP contribution in [-0.2, 0) is 6.54 Å². The number of nitrogens with zero attached hydrogens (tertiary/aromatic N) is 4. The van der Waals surface area contributed by atoms with Gasteiger partial charge in [0.15, 0.2) is 0 Å². The van der Waals surface area contributed by atoms with Crippen molar-refractivity contribution < 1.29 is 0 Å². The first-order chi connectivity index (χ1) is 10.1. The normalized spacial score (nSPS) is 22.3. The van der Waals surface area contributed by atoms with Crippen molar-refractivity contribution in [2.24, 2.45) is 0 Å². The van der Waals surface area contributed by atoms with Crippen LogP contribution in [-0.4, -0.2) is 54.1 Å². The van der Waals surface area contributed by atoms with Crippen molar-refractivity contribution in [1.29, 1.82) is 0 Å². The molecule has 0 radical (unpaired) electrons. The second-order valence-electron chi connectivity index (χ2n) is 6.69. The second kappa shape index (κ2) is 6.28. The van der Waals surface area contributed by atoms with E-state index in [1.165, 1.54) is 31.2 Å². The van der Waals surface area contributed by atoms with Crippen LogP contribution in [0.25, 0.3) is 0 Å². The third-order valence-corrected chi connectivity index (χ3v) is 4.44. The lowest BCUT2D eigenvalue weighted by Crippen LogP contribution is -2.38. The summed E-state index contributed by atoms with van der Waals surface area (Å²) in [5.74, 6) is 0.909. The Kier molecular flexibility index (Phi) is 4.40. The predicted octanol–water partition coefficient (Wildman–Crippen LogP) is 1.57. The Morgan fingerprint density at radius 1 is 1.33 bits per heavy atom. The summed E-state index contributed by atoms with van der Waals surface area (Å²) >= 11 is 0. The van der Waals surface area contributed by atoms with E-state index in [-0.39, 0.29) is 0 Å². The van der Waals surface area contributed by atoms with Gasteiger partial charge in [-0.3, -0.25) is 0 Å². The Labute approximate surface area is 127 Å². The standard InChI is InChI=1S/C16H27N5/c1-12-13(9-17-14-6-7-14)10-18-16(19-12)21-8-4-5-15(21)11-20(2)3/h10,14-15,17H,4-9,11H2,1-3H3. The summed E-state index contributed by atoms with van der Waals surface area (Å²) < 4.78 is 0. The van der Waals surface area contributed by atoms with Crippen LogP contribution in [0.15, 0.2) is 6.20 Å². The third kappa shape index (κ3) is 3.71. The van der Waals surface area contributed by atoms with Gasteiger partial charge in [-0.25, -0.2) is 9.97 Å². The summed E-state index contributed by atoms with van der Waals surface area (Å²) in [4.78, 5) is 14.0. The van der Waals surface area contributed by atoms with Gasteiger partial charge in [0.05, 0.1) is 0 Å². The molecule has 1 saturated heterocycles. The van der Waals surface area contributed by atoms with Gasteiger partial charge in [0.2, 0.25) is 5.95 Å². The molecule has 1 aliphatic carbocycles. The van der Waals surface area contributed by atoms with E-state index in [0.29, 0.717) is 6.04 Å². The van der Waals surface area contributed by atoms with E-state index >= 15 is 0 Å². The monoisotopic (exact) mass is 289 g/mol. The molecule has 1 saturated carbocycles. The van der Waals surface area contributed by atoms with E-state index in [0.717, 1.165) is 37.3 Å². The van der Waals surface area contributed by atoms with E-state index in [9.17, 15) is 0 Å². The molecule has 3 rings (SSSR count). The largest absolute Gasteiger partial charge is 0.337 e. The molecule has 0 amide bonds. The first kappa shape index (κ1) is 14.7. The molecule has 0 bridgehead atoms. The van der Waals surface area contributed by atoms with E-state index < -0.39 is 0 Å². The molecule has 1 unspecified atom stereocenters. The number of rotatable bonds is 6. The van der Waals surface area contributed by atoms with Crippen LogP contribution in [0.3, 0.4) is 0 Å². The number of likely N-dealkylation sites (N-methyl/N-ethyl adjacent to an activating group) is 1. The molecular formula is C16H27N5. The predicted molar refractivity (Wildman–Crippen MR) is 85.6 cm³/mol. The highest BCUT2D eigenvalue weighted by Gasteiger charge is 2.27. The van der Waals surface area contributed by atoms with Gasteiger partial charge in [-0.2, -0.15) is 0 Å². The zero-order chi connectivity index (χ0) is 14.8. The average molecular weight is 289 g/mol. The summed E-state index contributed by atoms with van der Waals surface area (Å²) in [6, 6.07) is 1.28. The Balaban J connectivity index is 1.68. The maximum absolute atomic E-state index is 4.77. The number of aromatic nitrogens is 2. The van der Waals surface area contributed by atoms with Crippen LogP contribution in [0.1, 0.15) is 36.9 Å². The summed E-state index contributed by atoms with van der Waals surface area (Å²) in [6.07, 6.45) is 7.13. The summed E-state index contributed by atoms with van der Waals surface area (Å²) in [5.41, 5.74) is 2.35. The lowest BCUT2D eigenvalue weighted by atomic mass is 10.2. The molecule has 2 fully saturated rings. The topological polar surface area (TPSA) is 44.3 Å². The molecule has 5 nitrogen and oxygen atoms in total. The van der Waals surface area contributed by atoms with Crippen LogP contribution in [0.2, 0.25) is 0 Å². The van der Waals surface area contributed by atoms with Gasteiger partial charge in [0.25, 0.3) is 0 Å². The number of hydrogen-bond donors (Lipinski definition) is 1. The minimum absolute atomic E-state index is 0.551. The van der Waals surface area contributed by atoms with Gasteiger partial charge >= 0.3 is 0 Å². The van der Waals surface area contributed by atoms with Crippen LogP contribution in [0.5, 0.6) is 0 Å². The van der Waals surface area contributed by atoms with Crippen molar-refractivity contribution >= 4 is 5.95 Å². The Hall–Kier alpha value is -1.20. The first-order valence-electron chi connectivity index (χ1n) is 8.11. The molecule has 1 atom stereocenters. The molecule has 1 N–H and O–H groups in total. The van der Waals surface area contributed by atoms with Crippen molar-refractivity contribution in [3.8, 4) is 0 Å². The minimum Gasteiger partial charge on any atom is -0.337 e.